The maximum atomic E-state index is 10.4. The summed E-state index contributed by atoms with van der Waals surface area (Å²) in [5.41, 5.74) is 0. The number of hydrogen-bond acceptors (Lipinski definition) is 3. The van der Waals surface area contributed by atoms with Gasteiger partial charge < -0.3 is 15.7 Å². The van der Waals surface area contributed by atoms with Crippen LogP contribution in [0.25, 0.3) is 10.1 Å². The number of nitrogens with one attached hydrogen (secondary N) is 2. The Morgan fingerprint density at radius 2 is 2.04 bits per heavy atom. The van der Waals surface area contributed by atoms with Gasteiger partial charge >= 0.3 is 0 Å². The summed E-state index contributed by atoms with van der Waals surface area (Å²) in [5, 5.41) is 18.0. The lowest BCUT2D eigenvalue weighted by atomic mass is 10.2. The molecule has 2 aromatic rings. The van der Waals surface area contributed by atoms with Crippen molar-refractivity contribution >= 4 is 51.4 Å². The Bertz CT molecular complexity index is 582. The van der Waals surface area contributed by atoms with E-state index in [1.54, 1.807) is 11.3 Å². The third-order valence-electron chi connectivity index (χ3n) is 3.36. The maximum Gasteiger partial charge on any atom is 0.191 e. The molecule has 1 aromatic carbocycles. The molecule has 4 nitrogen and oxygen atoms in total. The van der Waals surface area contributed by atoms with Crippen molar-refractivity contribution in [1.29, 1.82) is 0 Å². The van der Waals surface area contributed by atoms with Crippen LogP contribution in [0.4, 0.5) is 0 Å². The summed E-state index contributed by atoms with van der Waals surface area (Å²) >= 11 is 1.63. The molecule has 0 aliphatic rings. The molecule has 1 atom stereocenters. The molecule has 0 aliphatic carbocycles. The van der Waals surface area contributed by atoms with Gasteiger partial charge in [-0.05, 0) is 30.9 Å². The minimum absolute atomic E-state index is 0. The van der Waals surface area contributed by atoms with Gasteiger partial charge in [0.25, 0.3) is 0 Å². The van der Waals surface area contributed by atoms with Gasteiger partial charge in [0.2, 0.25) is 0 Å². The molecule has 3 N–H and O–H groups in total. The highest BCUT2D eigenvalue weighted by Crippen LogP contribution is 2.29. The van der Waals surface area contributed by atoms with Crippen molar-refractivity contribution in [2.75, 3.05) is 19.6 Å². The van der Waals surface area contributed by atoms with Crippen LogP contribution in [0.3, 0.4) is 0 Å². The van der Waals surface area contributed by atoms with Gasteiger partial charge in [-0.3, -0.25) is 4.99 Å². The standard InChI is InChI=1S/C17H25N3OS.HI/c1-3-5-10-19-17(18-4-2)20-12-14(21)16-11-13-8-6-7-9-15(13)22-16;/h6-9,11,14,21H,3-5,10,12H2,1-2H3,(H2,18,19,20);1H. The molecule has 128 valence electrons. The van der Waals surface area contributed by atoms with Crippen molar-refractivity contribution in [3.63, 3.8) is 0 Å². The minimum Gasteiger partial charge on any atom is -0.386 e. The van der Waals surface area contributed by atoms with Crippen LogP contribution in [-0.2, 0) is 0 Å². The molecular formula is C17H26IN3OS. The monoisotopic (exact) mass is 447 g/mol. The Kier molecular flexibility index (Phi) is 9.50. The number of aliphatic hydroxyl groups excluding tert-OH is 1. The van der Waals surface area contributed by atoms with Crippen LogP contribution in [0.5, 0.6) is 0 Å². The number of aliphatic hydroxyl groups is 1. The molecule has 0 fully saturated rings. The largest absolute Gasteiger partial charge is 0.386 e. The number of hydrogen-bond donors (Lipinski definition) is 3. The molecule has 0 saturated heterocycles. The topological polar surface area (TPSA) is 56.7 Å². The van der Waals surface area contributed by atoms with E-state index in [1.165, 1.54) is 10.1 Å². The Balaban J connectivity index is 0.00000264. The number of benzene rings is 1. The smallest absolute Gasteiger partial charge is 0.191 e. The van der Waals surface area contributed by atoms with Crippen LogP contribution in [0.2, 0.25) is 0 Å². The third kappa shape index (κ3) is 6.27. The molecule has 0 radical (unpaired) electrons. The number of aliphatic imine (C=N–C) groups is 1. The number of unbranched alkanes of at least 4 members (excludes halogenated alkanes) is 1. The fourth-order valence-electron chi connectivity index (χ4n) is 2.16. The summed E-state index contributed by atoms with van der Waals surface area (Å²) in [6.45, 7) is 6.29. The Morgan fingerprint density at radius 1 is 1.26 bits per heavy atom. The molecule has 0 spiro atoms. The zero-order chi connectivity index (χ0) is 15.8. The highest BCUT2D eigenvalue weighted by atomic mass is 127. The van der Waals surface area contributed by atoms with Crippen molar-refractivity contribution in [2.24, 2.45) is 4.99 Å². The number of fused-ring (bicyclic) bond motifs is 1. The van der Waals surface area contributed by atoms with Crippen LogP contribution in [0.15, 0.2) is 35.3 Å². The predicted octanol–water partition coefficient (Wildman–Crippen LogP) is 3.91. The second-order valence-electron chi connectivity index (χ2n) is 5.20. The van der Waals surface area contributed by atoms with Crippen LogP contribution in [-0.4, -0.2) is 30.7 Å². The Hall–Kier alpha value is -0.860. The van der Waals surface area contributed by atoms with Gasteiger partial charge in [-0.2, -0.15) is 0 Å². The van der Waals surface area contributed by atoms with Gasteiger partial charge in [-0.25, -0.2) is 0 Å². The molecule has 23 heavy (non-hydrogen) atoms. The van der Waals surface area contributed by atoms with Gasteiger partial charge in [0.1, 0.15) is 6.10 Å². The Morgan fingerprint density at radius 3 is 2.74 bits per heavy atom. The molecule has 1 unspecified atom stereocenters. The molecule has 1 heterocycles. The van der Waals surface area contributed by atoms with E-state index < -0.39 is 6.10 Å². The van der Waals surface area contributed by atoms with Crippen molar-refractivity contribution in [3.05, 3.63) is 35.2 Å². The summed E-state index contributed by atoms with van der Waals surface area (Å²) in [6.07, 6.45) is 1.71. The maximum absolute atomic E-state index is 10.4. The van der Waals surface area contributed by atoms with E-state index in [2.05, 4.69) is 40.7 Å². The summed E-state index contributed by atoms with van der Waals surface area (Å²) in [7, 11) is 0. The molecule has 0 aliphatic heterocycles. The van der Waals surface area contributed by atoms with Gasteiger partial charge in [-0.1, -0.05) is 31.5 Å². The second kappa shape index (κ2) is 10.8. The number of rotatable bonds is 7. The zero-order valence-corrected chi connectivity index (χ0v) is 16.9. The second-order valence-corrected chi connectivity index (χ2v) is 6.32. The number of nitrogens with zero attached hydrogens (tertiary/aromatic N) is 1. The average Bonchev–Trinajstić information content (AvgIpc) is 2.96. The number of guanidine groups is 1. The quantitative estimate of drug-likeness (QED) is 0.261. The van der Waals surface area contributed by atoms with Crippen molar-refractivity contribution in [3.8, 4) is 0 Å². The first kappa shape index (κ1) is 20.2. The first-order valence-corrected chi connectivity index (χ1v) is 8.75. The lowest BCUT2D eigenvalue weighted by Crippen LogP contribution is -2.38. The van der Waals surface area contributed by atoms with Gasteiger partial charge in [0, 0.05) is 22.7 Å². The van der Waals surface area contributed by atoms with Gasteiger partial charge in [-0.15, -0.1) is 35.3 Å². The fraction of sp³-hybridized carbons (Fsp3) is 0.471. The van der Waals surface area contributed by atoms with Crippen molar-refractivity contribution in [1.82, 2.24) is 10.6 Å². The summed E-state index contributed by atoms with van der Waals surface area (Å²) in [4.78, 5) is 5.45. The van der Waals surface area contributed by atoms with Gasteiger partial charge in [0.05, 0.1) is 6.54 Å². The fourth-order valence-corrected chi connectivity index (χ4v) is 3.20. The van der Waals surface area contributed by atoms with Crippen molar-refractivity contribution in [2.45, 2.75) is 32.8 Å². The predicted molar refractivity (Wildman–Crippen MR) is 111 cm³/mol. The normalized spacial score (nSPS) is 12.7. The van der Waals surface area contributed by atoms with Crippen LogP contribution in [0, 0.1) is 0 Å². The highest BCUT2D eigenvalue weighted by Gasteiger charge is 2.11. The summed E-state index contributed by atoms with van der Waals surface area (Å²) in [6, 6.07) is 10.2. The first-order chi connectivity index (χ1) is 10.7. The number of halogens is 1. The van der Waals surface area contributed by atoms with E-state index in [0.29, 0.717) is 6.54 Å². The lowest BCUT2D eigenvalue weighted by molar-refractivity contribution is 0.191. The van der Waals surface area contributed by atoms with E-state index in [1.807, 2.05) is 19.1 Å². The zero-order valence-electron chi connectivity index (χ0n) is 13.7. The van der Waals surface area contributed by atoms with Gasteiger partial charge in [0.15, 0.2) is 5.96 Å². The van der Waals surface area contributed by atoms with Crippen molar-refractivity contribution < 1.29 is 5.11 Å². The minimum atomic E-state index is -0.556. The molecule has 2 rings (SSSR count). The van der Waals surface area contributed by atoms with Crippen LogP contribution < -0.4 is 10.6 Å². The molecule has 6 heteroatoms. The van der Waals surface area contributed by atoms with E-state index in [0.717, 1.165) is 36.8 Å². The van der Waals surface area contributed by atoms with Crippen LogP contribution in [0.1, 0.15) is 37.7 Å². The van der Waals surface area contributed by atoms with E-state index >= 15 is 0 Å². The SMILES string of the molecule is CCCCNC(=NCC(O)c1cc2ccccc2s1)NCC.I. The molecule has 0 bridgehead atoms. The first-order valence-electron chi connectivity index (χ1n) is 7.93. The third-order valence-corrected chi connectivity index (χ3v) is 4.58. The van der Waals surface area contributed by atoms with E-state index in [4.69, 9.17) is 0 Å². The highest BCUT2D eigenvalue weighted by molar-refractivity contribution is 14.0. The molecule has 1 aromatic heterocycles. The average molecular weight is 447 g/mol. The molecule has 0 saturated carbocycles. The van der Waals surface area contributed by atoms with E-state index in [9.17, 15) is 5.11 Å². The van der Waals surface area contributed by atoms with E-state index in [-0.39, 0.29) is 24.0 Å². The summed E-state index contributed by atoms with van der Waals surface area (Å²) < 4.78 is 1.20. The molecule has 0 amide bonds. The lowest BCUT2D eigenvalue weighted by Gasteiger charge is -2.12. The summed E-state index contributed by atoms with van der Waals surface area (Å²) in [5.74, 6) is 0.774. The Labute approximate surface area is 159 Å². The van der Waals surface area contributed by atoms with Crippen LogP contribution >= 0.6 is 35.3 Å². The molecular weight excluding hydrogens is 421 g/mol. The number of thiophene rings is 1.